The number of amides is 1. The highest BCUT2D eigenvalue weighted by atomic mass is 16.5. The van der Waals surface area contributed by atoms with Crippen LogP contribution in [0.4, 0.5) is 5.69 Å². The Kier molecular flexibility index (Phi) is 6.53. The van der Waals surface area contributed by atoms with Crippen LogP contribution in [0, 0.1) is 0 Å². The van der Waals surface area contributed by atoms with Crippen LogP contribution in [0.25, 0.3) is 0 Å². The fraction of sp³-hybridized carbons (Fsp3) is 0.348. The van der Waals surface area contributed by atoms with Gasteiger partial charge in [-0.2, -0.15) is 0 Å². The number of ether oxygens (including phenoxy) is 1. The van der Waals surface area contributed by atoms with Crippen LogP contribution in [-0.4, -0.2) is 32.7 Å². The van der Waals surface area contributed by atoms with Gasteiger partial charge in [0.1, 0.15) is 5.75 Å². The van der Waals surface area contributed by atoms with E-state index in [0.29, 0.717) is 18.5 Å². The Balaban J connectivity index is 1.52. The lowest BCUT2D eigenvalue weighted by Crippen LogP contribution is -2.33. The van der Waals surface area contributed by atoms with Crippen LogP contribution in [0.15, 0.2) is 55.1 Å². The van der Waals surface area contributed by atoms with Crippen LogP contribution in [0.2, 0.25) is 0 Å². The summed E-state index contributed by atoms with van der Waals surface area (Å²) in [5.41, 5.74) is 4.42. The topological polar surface area (TPSA) is 41.6 Å². The van der Waals surface area contributed by atoms with Crippen molar-refractivity contribution in [1.29, 1.82) is 0 Å². The van der Waals surface area contributed by atoms with E-state index in [4.69, 9.17) is 4.74 Å². The van der Waals surface area contributed by atoms with E-state index in [2.05, 4.69) is 41.1 Å². The number of hydrogen-bond acceptors (Lipinski definition) is 3. The zero-order valence-electron chi connectivity index (χ0n) is 16.0. The summed E-state index contributed by atoms with van der Waals surface area (Å²) < 4.78 is 5.34. The van der Waals surface area contributed by atoms with E-state index in [0.717, 1.165) is 37.2 Å². The number of allylic oxidation sites excluding steroid dienone is 1. The Morgan fingerprint density at radius 3 is 2.96 bits per heavy atom. The molecule has 1 heterocycles. The molecular weight excluding hydrogens is 336 g/mol. The van der Waals surface area contributed by atoms with Crippen LogP contribution < -0.4 is 15.0 Å². The minimum absolute atomic E-state index is 0.0398. The smallest absolute Gasteiger partial charge is 0.251 e. The molecule has 27 heavy (non-hydrogen) atoms. The molecule has 1 N–H and O–H groups in total. The van der Waals surface area contributed by atoms with Crippen molar-refractivity contribution in [2.75, 3.05) is 31.6 Å². The highest BCUT2D eigenvalue weighted by Gasteiger charge is 2.15. The molecule has 0 fully saturated rings. The van der Waals surface area contributed by atoms with Gasteiger partial charge in [-0.1, -0.05) is 24.3 Å². The molecule has 0 radical (unpaired) electrons. The Hall–Kier alpha value is -2.75. The van der Waals surface area contributed by atoms with Crippen molar-refractivity contribution in [3.63, 3.8) is 0 Å². The largest absolute Gasteiger partial charge is 0.496 e. The number of carbonyl (C=O) groups excluding carboxylic acids is 1. The lowest BCUT2D eigenvalue weighted by Gasteiger charge is -2.31. The summed E-state index contributed by atoms with van der Waals surface area (Å²) in [7, 11) is 1.64. The maximum absolute atomic E-state index is 12.5. The normalized spacial score (nSPS) is 13.0. The Labute approximate surface area is 161 Å². The van der Waals surface area contributed by atoms with Gasteiger partial charge in [0.25, 0.3) is 5.91 Å². The maximum atomic E-state index is 12.5. The van der Waals surface area contributed by atoms with Gasteiger partial charge in [0.15, 0.2) is 0 Å². The number of anilines is 1. The van der Waals surface area contributed by atoms with Crippen molar-refractivity contribution in [2.45, 2.75) is 25.7 Å². The number of nitrogens with one attached hydrogen (secondary N) is 1. The van der Waals surface area contributed by atoms with Gasteiger partial charge in [0, 0.05) is 30.9 Å². The molecule has 142 valence electrons. The molecule has 4 nitrogen and oxygen atoms in total. The molecule has 0 unspecified atom stereocenters. The van der Waals surface area contributed by atoms with Gasteiger partial charge in [-0.3, -0.25) is 4.79 Å². The summed E-state index contributed by atoms with van der Waals surface area (Å²) in [5, 5.41) is 3.04. The molecule has 0 aliphatic carbocycles. The summed E-state index contributed by atoms with van der Waals surface area (Å²) in [6, 6.07) is 14.2. The van der Waals surface area contributed by atoms with Crippen molar-refractivity contribution in [1.82, 2.24) is 5.32 Å². The number of nitrogens with zero attached hydrogens (tertiary/aromatic N) is 1. The van der Waals surface area contributed by atoms with Crippen molar-refractivity contribution in [3.8, 4) is 5.75 Å². The number of para-hydroxylation sites is 1. The molecule has 0 saturated heterocycles. The van der Waals surface area contributed by atoms with E-state index >= 15 is 0 Å². The first-order valence-electron chi connectivity index (χ1n) is 9.62. The number of fused-ring (bicyclic) bond motifs is 1. The summed E-state index contributed by atoms with van der Waals surface area (Å²) >= 11 is 0. The zero-order chi connectivity index (χ0) is 19.1. The first kappa shape index (κ1) is 19.0. The molecule has 1 amide bonds. The van der Waals surface area contributed by atoms with Crippen molar-refractivity contribution < 1.29 is 9.53 Å². The van der Waals surface area contributed by atoms with Crippen LogP contribution in [0.3, 0.4) is 0 Å². The molecular formula is C23H28N2O2. The van der Waals surface area contributed by atoms with Gasteiger partial charge in [-0.15, -0.1) is 6.58 Å². The maximum Gasteiger partial charge on any atom is 0.251 e. The van der Waals surface area contributed by atoms with Crippen LogP contribution in [0.5, 0.6) is 5.75 Å². The lowest BCUT2D eigenvalue weighted by atomic mass is 10.0. The predicted molar refractivity (Wildman–Crippen MR) is 111 cm³/mol. The molecule has 2 aromatic rings. The number of aryl methyl sites for hydroxylation is 1. The number of hydrogen-bond donors (Lipinski definition) is 1. The van der Waals surface area contributed by atoms with E-state index in [-0.39, 0.29) is 5.91 Å². The number of benzene rings is 2. The van der Waals surface area contributed by atoms with E-state index in [1.54, 1.807) is 7.11 Å². The molecule has 0 saturated carbocycles. The second-order valence-electron chi connectivity index (χ2n) is 6.85. The van der Waals surface area contributed by atoms with Gasteiger partial charge in [-0.25, -0.2) is 0 Å². The number of methoxy groups -OCH3 is 1. The summed E-state index contributed by atoms with van der Waals surface area (Å²) in [4.78, 5) is 14.9. The Morgan fingerprint density at radius 2 is 2.15 bits per heavy atom. The molecule has 2 aromatic carbocycles. The minimum Gasteiger partial charge on any atom is -0.496 e. The highest BCUT2D eigenvalue weighted by molar-refractivity contribution is 5.94. The summed E-state index contributed by atoms with van der Waals surface area (Å²) in [6.07, 6.45) is 5.78. The minimum atomic E-state index is -0.0398. The molecule has 0 spiro atoms. The quantitative estimate of drug-likeness (QED) is 0.569. The zero-order valence-corrected chi connectivity index (χ0v) is 16.0. The summed E-state index contributed by atoms with van der Waals surface area (Å²) in [6.45, 7) is 6.48. The molecule has 3 rings (SSSR count). The molecule has 1 aliphatic heterocycles. The Bertz CT molecular complexity index is 801. The molecule has 0 bridgehead atoms. The van der Waals surface area contributed by atoms with Gasteiger partial charge < -0.3 is 15.0 Å². The molecule has 1 aliphatic rings. The van der Waals surface area contributed by atoms with Gasteiger partial charge >= 0.3 is 0 Å². The third-order valence-electron chi connectivity index (χ3n) is 5.00. The SMILES string of the molecule is C=CCc1cc(C(=O)NCCCN2CCCc3ccccc32)ccc1OC. The van der Waals surface area contributed by atoms with Crippen molar-refractivity contribution >= 4 is 11.6 Å². The highest BCUT2D eigenvalue weighted by Crippen LogP contribution is 2.26. The van der Waals surface area contributed by atoms with E-state index < -0.39 is 0 Å². The monoisotopic (exact) mass is 364 g/mol. The molecule has 4 heteroatoms. The van der Waals surface area contributed by atoms with Gasteiger partial charge in [0.2, 0.25) is 0 Å². The number of carbonyl (C=O) groups is 1. The van der Waals surface area contributed by atoms with E-state index in [1.165, 1.54) is 17.7 Å². The summed E-state index contributed by atoms with van der Waals surface area (Å²) in [5.74, 6) is 0.747. The molecule has 0 aromatic heterocycles. The average Bonchev–Trinajstić information content (AvgIpc) is 2.71. The third kappa shape index (κ3) is 4.70. The van der Waals surface area contributed by atoms with Crippen LogP contribution >= 0.6 is 0 Å². The van der Waals surface area contributed by atoms with E-state index in [1.807, 2.05) is 24.3 Å². The fourth-order valence-corrected chi connectivity index (χ4v) is 3.65. The van der Waals surface area contributed by atoms with Crippen LogP contribution in [-0.2, 0) is 12.8 Å². The Morgan fingerprint density at radius 1 is 1.30 bits per heavy atom. The van der Waals surface area contributed by atoms with Gasteiger partial charge in [-0.05, 0) is 61.1 Å². The molecule has 0 atom stereocenters. The fourth-order valence-electron chi connectivity index (χ4n) is 3.65. The lowest BCUT2D eigenvalue weighted by molar-refractivity contribution is 0.0953. The second kappa shape index (κ2) is 9.26. The number of rotatable bonds is 8. The van der Waals surface area contributed by atoms with Crippen molar-refractivity contribution in [2.24, 2.45) is 0 Å². The second-order valence-corrected chi connectivity index (χ2v) is 6.85. The van der Waals surface area contributed by atoms with Crippen molar-refractivity contribution in [3.05, 3.63) is 71.8 Å². The average molecular weight is 364 g/mol. The van der Waals surface area contributed by atoms with E-state index in [9.17, 15) is 4.79 Å². The standard InChI is InChI=1S/C23H28N2O2/c1-3-8-19-17-20(12-13-22(19)27-2)23(26)24-14-7-16-25-15-6-10-18-9-4-5-11-21(18)25/h3-5,9,11-13,17H,1,6-8,10,14-16H2,2H3,(H,24,26). The predicted octanol–water partition coefficient (Wildman–Crippen LogP) is 4.00. The first-order chi connectivity index (χ1) is 13.2. The third-order valence-corrected chi connectivity index (χ3v) is 5.00. The first-order valence-corrected chi connectivity index (χ1v) is 9.62. The van der Waals surface area contributed by atoms with Gasteiger partial charge in [0.05, 0.1) is 7.11 Å². The van der Waals surface area contributed by atoms with Crippen LogP contribution in [0.1, 0.15) is 34.3 Å².